The van der Waals surface area contributed by atoms with Crippen LogP contribution in [0.1, 0.15) is 50.8 Å². The van der Waals surface area contributed by atoms with Crippen LogP contribution in [0.4, 0.5) is 0 Å². The molecule has 106 valence electrons. The van der Waals surface area contributed by atoms with Gasteiger partial charge in [-0.15, -0.1) is 0 Å². The van der Waals surface area contributed by atoms with Gasteiger partial charge in [0.25, 0.3) is 0 Å². The Kier molecular flexibility index (Phi) is 4.87. The van der Waals surface area contributed by atoms with Crippen LogP contribution in [0, 0.1) is 18.8 Å². The van der Waals surface area contributed by atoms with E-state index in [1.807, 2.05) is 0 Å². The van der Waals surface area contributed by atoms with Crippen molar-refractivity contribution in [3.8, 4) is 5.75 Å². The maximum atomic E-state index is 5.83. The van der Waals surface area contributed by atoms with Crippen LogP contribution < -0.4 is 10.1 Å². The Morgan fingerprint density at radius 3 is 2.63 bits per heavy atom. The van der Waals surface area contributed by atoms with Crippen LogP contribution in [-0.2, 0) is 0 Å². The summed E-state index contributed by atoms with van der Waals surface area (Å²) in [7, 11) is 0. The number of benzene rings is 1. The summed E-state index contributed by atoms with van der Waals surface area (Å²) in [5, 5.41) is 3.67. The third kappa shape index (κ3) is 3.50. The van der Waals surface area contributed by atoms with Gasteiger partial charge in [0, 0.05) is 11.6 Å². The number of rotatable bonds is 7. The zero-order valence-corrected chi connectivity index (χ0v) is 12.7. The number of ether oxygens (including phenoxy) is 1. The third-order valence-electron chi connectivity index (χ3n) is 4.12. The number of hydrogen-bond donors (Lipinski definition) is 1. The van der Waals surface area contributed by atoms with E-state index >= 15 is 0 Å². The highest BCUT2D eigenvalue weighted by Crippen LogP contribution is 2.44. The summed E-state index contributed by atoms with van der Waals surface area (Å²) in [5.41, 5.74) is 2.65. The van der Waals surface area contributed by atoms with Gasteiger partial charge in [-0.3, -0.25) is 0 Å². The molecule has 1 saturated carbocycles. The Morgan fingerprint density at radius 2 is 2.05 bits per heavy atom. The molecule has 1 fully saturated rings. The fourth-order valence-electron chi connectivity index (χ4n) is 2.89. The van der Waals surface area contributed by atoms with Crippen LogP contribution in [0.25, 0.3) is 0 Å². The van der Waals surface area contributed by atoms with Crippen LogP contribution in [0.3, 0.4) is 0 Å². The molecule has 0 saturated heterocycles. The highest BCUT2D eigenvalue weighted by molar-refractivity contribution is 5.39. The minimum absolute atomic E-state index is 0.416. The second-order valence-corrected chi connectivity index (χ2v) is 5.71. The lowest BCUT2D eigenvalue weighted by Crippen LogP contribution is -2.28. The van der Waals surface area contributed by atoms with E-state index in [0.717, 1.165) is 24.8 Å². The largest absolute Gasteiger partial charge is 0.494 e. The minimum Gasteiger partial charge on any atom is -0.494 e. The Labute approximate surface area is 117 Å². The van der Waals surface area contributed by atoms with E-state index in [9.17, 15) is 0 Å². The molecule has 1 aliphatic rings. The SMILES string of the molecule is CCNC(c1cc(C)ccc1OCC)C(C)C1CC1. The summed E-state index contributed by atoms with van der Waals surface area (Å²) < 4.78 is 5.83. The quantitative estimate of drug-likeness (QED) is 0.798. The predicted molar refractivity (Wildman–Crippen MR) is 80.7 cm³/mol. The van der Waals surface area contributed by atoms with Crippen molar-refractivity contribution in [3.63, 3.8) is 0 Å². The molecule has 19 heavy (non-hydrogen) atoms. The molecule has 2 unspecified atom stereocenters. The molecule has 1 N–H and O–H groups in total. The molecule has 1 aliphatic carbocycles. The molecular formula is C17H27NO. The van der Waals surface area contributed by atoms with E-state index in [4.69, 9.17) is 4.74 Å². The molecule has 0 heterocycles. The van der Waals surface area contributed by atoms with E-state index in [-0.39, 0.29) is 0 Å². The molecule has 0 amide bonds. The van der Waals surface area contributed by atoms with E-state index < -0.39 is 0 Å². The normalized spacial score (nSPS) is 18.1. The fourth-order valence-corrected chi connectivity index (χ4v) is 2.89. The van der Waals surface area contributed by atoms with Gasteiger partial charge in [-0.1, -0.05) is 31.5 Å². The van der Waals surface area contributed by atoms with E-state index in [1.54, 1.807) is 0 Å². The lowest BCUT2D eigenvalue weighted by Gasteiger charge is -2.27. The molecule has 0 spiro atoms. The average molecular weight is 261 g/mol. The lowest BCUT2D eigenvalue weighted by molar-refractivity contribution is 0.309. The Bertz CT molecular complexity index is 412. The van der Waals surface area contributed by atoms with E-state index in [2.05, 4.69) is 51.2 Å². The molecule has 2 nitrogen and oxygen atoms in total. The van der Waals surface area contributed by atoms with Gasteiger partial charge >= 0.3 is 0 Å². The van der Waals surface area contributed by atoms with Crippen molar-refractivity contribution in [1.82, 2.24) is 5.32 Å². The zero-order valence-electron chi connectivity index (χ0n) is 12.7. The first-order valence-electron chi connectivity index (χ1n) is 7.64. The van der Waals surface area contributed by atoms with Crippen molar-refractivity contribution in [2.24, 2.45) is 11.8 Å². The average Bonchev–Trinajstić information content (AvgIpc) is 3.22. The standard InChI is InChI=1S/C17H27NO/c1-5-18-17(13(4)14-8-9-14)15-11-12(3)7-10-16(15)19-6-2/h7,10-11,13-14,17-18H,5-6,8-9H2,1-4H3. The highest BCUT2D eigenvalue weighted by Gasteiger charge is 2.34. The fraction of sp³-hybridized carbons (Fsp3) is 0.647. The predicted octanol–water partition coefficient (Wildman–Crippen LogP) is 4.09. The molecule has 0 aromatic heterocycles. The third-order valence-corrected chi connectivity index (χ3v) is 4.12. The second-order valence-electron chi connectivity index (χ2n) is 5.71. The second kappa shape index (κ2) is 6.42. The van der Waals surface area contributed by atoms with Crippen molar-refractivity contribution in [1.29, 1.82) is 0 Å². The van der Waals surface area contributed by atoms with Crippen LogP contribution in [0.15, 0.2) is 18.2 Å². The number of nitrogens with one attached hydrogen (secondary N) is 1. The molecule has 0 aliphatic heterocycles. The first kappa shape index (κ1) is 14.4. The molecule has 2 heteroatoms. The van der Waals surface area contributed by atoms with Crippen molar-refractivity contribution in [3.05, 3.63) is 29.3 Å². The minimum atomic E-state index is 0.416. The smallest absolute Gasteiger partial charge is 0.124 e. The summed E-state index contributed by atoms with van der Waals surface area (Å²) in [6.07, 6.45) is 2.78. The Balaban J connectivity index is 2.30. The van der Waals surface area contributed by atoms with Gasteiger partial charge in [-0.25, -0.2) is 0 Å². The van der Waals surface area contributed by atoms with Gasteiger partial charge in [0.15, 0.2) is 0 Å². The topological polar surface area (TPSA) is 21.3 Å². The van der Waals surface area contributed by atoms with Gasteiger partial charge in [-0.05, 0) is 51.1 Å². The number of hydrogen-bond acceptors (Lipinski definition) is 2. The van der Waals surface area contributed by atoms with Crippen molar-refractivity contribution < 1.29 is 4.74 Å². The van der Waals surface area contributed by atoms with Crippen molar-refractivity contribution in [2.45, 2.75) is 46.6 Å². The zero-order chi connectivity index (χ0) is 13.8. The molecular weight excluding hydrogens is 234 g/mol. The monoisotopic (exact) mass is 261 g/mol. The first-order valence-corrected chi connectivity index (χ1v) is 7.64. The van der Waals surface area contributed by atoms with Crippen LogP contribution in [0.5, 0.6) is 5.75 Å². The summed E-state index contributed by atoms with van der Waals surface area (Å²) in [6, 6.07) is 6.97. The van der Waals surface area contributed by atoms with Crippen LogP contribution in [0.2, 0.25) is 0 Å². The van der Waals surface area contributed by atoms with Gasteiger partial charge < -0.3 is 10.1 Å². The van der Waals surface area contributed by atoms with Gasteiger partial charge in [0.2, 0.25) is 0 Å². The maximum Gasteiger partial charge on any atom is 0.124 e. The van der Waals surface area contributed by atoms with Gasteiger partial charge in [0.05, 0.1) is 6.61 Å². The van der Waals surface area contributed by atoms with Gasteiger partial charge in [0.1, 0.15) is 5.75 Å². The first-order chi connectivity index (χ1) is 9.17. The summed E-state index contributed by atoms with van der Waals surface area (Å²) in [6.45, 7) is 10.5. The molecule has 0 bridgehead atoms. The Hall–Kier alpha value is -1.02. The lowest BCUT2D eigenvalue weighted by atomic mass is 9.89. The molecule has 1 aromatic rings. The van der Waals surface area contributed by atoms with Crippen molar-refractivity contribution in [2.75, 3.05) is 13.2 Å². The van der Waals surface area contributed by atoms with Crippen LogP contribution >= 0.6 is 0 Å². The van der Waals surface area contributed by atoms with E-state index in [1.165, 1.54) is 24.0 Å². The number of aryl methyl sites for hydroxylation is 1. The summed E-state index contributed by atoms with van der Waals surface area (Å²) in [5.74, 6) is 2.62. The molecule has 2 atom stereocenters. The Morgan fingerprint density at radius 1 is 1.32 bits per heavy atom. The summed E-state index contributed by atoms with van der Waals surface area (Å²) in [4.78, 5) is 0. The van der Waals surface area contributed by atoms with Gasteiger partial charge in [-0.2, -0.15) is 0 Å². The van der Waals surface area contributed by atoms with Crippen molar-refractivity contribution >= 4 is 0 Å². The van der Waals surface area contributed by atoms with E-state index in [0.29, 0.717) is 12.0 Å². The molecule has 0 radical (unpaired) electrons. The van der Waals surface area contributed by atoms with Crippen LogP contribution in [-0.4, -0.2) is 13.2 Å². The molecule has 2 rings (SSSR count). The highest BCUT2D eigenvalue weighted by atomic mass is 16.5. The summed E-state index contributed by atoms with van der Waals surface area (Å²) >= 11 is 0. The molecule has 1 aromatic carbocycles. The maximum absolute atomic E-state index is 5.83.